The van der Waals surface area contributed by atoms with E-state index in [1.54, 1.807) is 29.2 Å². The molecule has 6 heteroatoms. The molecule has 0 radical (unpaired) electrons. The number of hydrogen-bond donors (Lipinski definition) is 2. The third-order valence-electron chi connectivity index (χ3n) is 5.50. The van der Waals surface area contributed by atoms with Crippen molar-refractivity contribution in [2.45, 2.75) is 18.9 Å². The van der Waals surface area contributed by atoms with Crippen molar-refractivity contribution in [2.75, 3.05) is 18.0 Å². The number of rotatable bonds is 7. The minimum absolute atomic E-state index is 0.102. The van der Waals surface area contributed by atoms with E-state index in [0.29, 0.717) is 18.5 Å². The molecule has 4 rings (SSSR count). The van der Waals surface area contributed by atoms with Gasteiger partial charge in [-0.3, -0.25) is 14.4 Å². The monoisotopic (exact) mass is 427 g/mol. The van der Waals surface area contributed by atoms with Gasteiger partial charge in [0.2, 0.25) is 11.8 Å². The second kappa shape index (κ2) is 9.92. The van der Waals surface area contributed by atoms with Crippen molar-refractivity contribution in [3.05, 3.63) is 102 Å². The molecule has 3 aromatic carbocycles. The molecule has 1 aliphatic heterocycles. The predicted molar refractivity (Wildman–Crippen MR) is 123 cm³/mol. The van der Waals surface area contributed by atoms with Crippen LogP contribution in [0.1, 0.15) is 40.4 Å². The lowest BCUT2D eigenvalue weighted by Crippen LogP contribution is -2.39. The number of nitrogens with one attached hydrogen (secondary N) is 2. The molecule has 162 valence electrons. The van der Waals surface area contributed by atoms with Gasteiger partial charge in [0.1, 0.15) is 0 Å². The van der Waals surface area contributed by atoms with Gasteiger partial charge in [0.25, 0.3) is 5.91 Å². The van der Waals surface area contributed by atoms with E-state index < -0.39 is 0 Å². The molecule has 0 aromatic heterocycles. The summed E-state index contributed by atoms with van der Waals surface area (Å²) >= 11 is 0. The summed E-state index contributed by atoms with van der Waals surface area (Å²) in [5.74, 6) is -0.518. The summed E-state index contributed by atoms with van der Waals surface area (Å²) in [6, 6.07) is 26.0. The van der Waals surface area contributed by atoms with Gasteiger partial charge < -0.3 is 15.5 Å². The maximum absolute atomic E-state index is 12.6. The maximum atomic E-state index is 12.6. The van der Waals surface area contributed by atoms with Crippen LogP contribution in [0, 0.1) is 0 Å². The second-order valence-electron chi connectivity index (χ2n) is 7.70. The summed E-state index contributed by atoms with van der Waals surface area (Å²) in [4.78, 5) is 38.7. The molecule has 3 amide bonds. The van der Waals surface area contributed by atoms with Gasteiger partial charge in [-0.25, -0.2) is 0 Å². The Labute approximate surface area is 187 Å². The van der Waals surface area contributed by atoms with Crippen molar-refractivity contribution in [1.82, 2.24) is 10.6 Å². The van der Waals surface area contributed by atoms with Crippen LogP contribution in [0.3, 0.4) is 0 Å². The van der Waals surface area contributed by atoms with E-state index in [4.69, 9.17) is 0 Å². The van der Waals surface area contributed by atoms with E-state index in [1.165, 1.54) is 0 Å². The zero-order chi connectivity index (χ0) is 22.3. The smallest absolute Gasteiger partial charge is 0.251 e. The van der Waals surface area contributed by atoms with Crippen LogP contribution >= 0.6 is 0 Å². The molecule has 2 N–H and O–H groups in total. The molecule has 1 aliphatic rings. The van der Waals surface area contributed by atoms with Crippen molar-refractivity contribution in [3.8, 4) is 0 Å². The van der Waals surface area contributed by atoms with E-state index in [0.717, 1.165) is 23.2 Å². The van der Waals surface area contributed by atoms with Gasteiger partial charge >= 0.3 is 0 Å². The average molecular weight is 428 g/mol. The quantitative estimate of drug-likeness (QED) is 0.606. The molecule has 1 heterocycles. The summed E-state index contributed by atoms with van der Waals surface area (Å²) in [5, 5.41) is 5.68. The molecule has 6 nitrogen and oxygen atoms in total. The molecule has 0 spiro atoms. The summed E-state index contributed by atoms with van der Waals surface area (Å²) in [7, 11) is 0. The minimum atomic E-state index is -0.338. The molecule has 1 fully saturated rings. The van der Waals surface area contributed by atoms with Crippen molar-refractivity contribution >= 4 is 23.4 Å². The van der Waals surface area contributed by atoms with Crippen LogP contribution in [0.4, 0.5) is 5.69 Å². The van der Waals surface area contributed by atoms with E-state index in [9.17, 15) is 14.4 Å². The summed E-state index contributed by atoms with van der Waals surface area (Å²) < 4.78 is 0. The normalized spacial score (nSPS) is 13.3. The highest BCUT2D eigenvalue weighted by atomic mass is 16.2. The fraction of sp³-hybridized carbons (Fsp3) is 0.192. The first-order valence-corrected chi connectivity index (χ1v) is 10.7. The van der Waals surface area contributed by atoms with E-state index >= 15 is 0 Å². The van der Waals surface area contributed by atoms with E-state index in [1.807, 2.05) is 60.7 Å². The highest BCUT2D eigenvalue weighted by molar-refractivity contribution is 5.98. The van der Waals surface area contributed by atoms with Gasteiger partial charge in [0.15, 0.2) is 0 Å². The number of carbonyl (C=O) groups excluding carboxylic acids is 3. The van der Waals surface area contributed by atoms with Crippen molar-refractivity contribution < 1.29 is 14.4 Å². The van der Waals surface area contributed by atoms with Crippen molar-refractivity contribution in [3.63, 3.8) is 0 Å². The van der Waals surface area contributed by atoms with Gasteiger partial charge in [-0.05, 0) is 41.8 Å². The summed E-state index contributed by atoms with van der Waals surface area (Å²) in [6.07, 6.45) is 1.41. The number of nitrogens with zero attached hydrogens (tertiary/aromatic N) is 1. The predicted octanol–water partition coefficient (Wildman–Crippen LogP) is 3.45. The van der Waals surface area contributed by atoms with Gasteiger partial charge in [-0.2, -0.15) is 0 Å². The standard InChI is InChI=1S/C26H25N3O3/c30-23(28-25(19-8-3-1-4-9-19)20-10-5-2-6-11-20)18-27-26(32)21-13-15-22(16-14-21)29-17-7-12-24(29)31/h1-6,8-11,13-16,25H,7,12,17-18H2,(H,27,32)(H,28,30). The largest absolute Gasteiger partial charge is 0.344 e. The van der Waals surface area contributed by atoms with Crippen LogP contribution in [0.5, 0.6) is 0 Å². The lowest BCUT2D eigenvalue weighted by Gasteiger charge is -2.20. The average Bonchev–Trinajstić information content (AvgIpc) is 3.28. The number of carbonyl (C=O) groups is 3. The summed E-state index contributed by atoms with van der Waals surface area (Å²) in [5.41, 5.74) is 3.15. The molecule has 32 heavy (non-hydrogen) atoms. The zero-order valence-corrected chi connectivity index (χ0v) is 17.7. The zero-order valence-electron chi connectivity index (χ0n) is 17.7. The van der Waals surface area contributed by atoms with Crippen molar-refractivity contribution in [2.24, 2.45) is 0 Å². The second-order valence-corrected chi connectivity index (χ2v) is 7.70. The molecule has 1 saturated heterocycles. The SMILES string of the molecule is O=C(CNC(=O)c1ccc(N2CCCC2=O)cc1)NC(c1ccccc1)c1ccccc1. The van der Waals surface area contributed by atoms with Crippen LogP contribution in [0.15, 0.2) is 84.9 Å². The fourth-order valence-corrected chi connectivity index (χ4v) is 3.84. The lowest BCUT2D eigenvalue weighted by atomic mass is 9.99. The molecular weight excluding hydrogens is 402 g/mol. The van der Waals surface area contributed by atoms with Crippen LogP contribution in [0.25, 0.3) is 0 Å². The Morgan fingerprint density at radius 3 is 1.97 bits per heavy atom. The van der Waals surface area contributed by atoms with Crippen LogP contribution < -0.4 is 15.5 Å². The molecule has 0 atom stereocenters. The van der Waals surface area contributed by atoms with Crippen LogP contribution in [0.2, 0.25) is 0 Å². The lowest BCUT2D eigenvalue weighted by molar-refractivity contribution is -0.120. The fourth-order valence-electron chi connectivity index (χ4n) is 3.84. The van der Waals surface area contributed by atoms with Gasteiger partial charge in [-0.1, -0.05) is 60.7 Å². The number of amides is 3. The van der Waals surface area contributed by atoms with E-state index in [2.05, 4.69) is 10.6 Å². The Morgan fingerprint density at radius 2 is 1.44 bits per heavy atom. The third-order valence-corrected chi connectivity index (χ3v) is 5.50. The number of benzene rings is 3. The van der Waals surface area contributed by atoms with Gasteiger partial charge in [0, 0.05) is 24.2 Å². The Kier molecular flexibility index (Phi) is 6.60. The molecule has 3 aromatic rings. The highest BCUT2D eigenvalue weighted by Crippen LogP contribution is 2.22. The van der Waals surface area contributed by atoms with Gasteiger partial charge in [-0.15, -0.1) is 0 Å². The topological polar surface area (TPSA) is 78.5 Å². The highest BCUT2D eigenvalue weighted by Gasteiger charge is 2.22. The van der Waals surface area contributed by atoms with Crippen LogP contribution in [-0.4, -0.2) is 30.8 Å². The first-order chi connectivity index (χ1) is 15.6. The first kappa shape index (κ1) is 21.3. The molecule has 0 bridgehead atoms. The molecule has 0 saturated carbocycles. The number of anilines is 1. The Morgan fingerprint density at radius 1 is 0.844 bits per heavy atom. The maximum Gasteiger partial charge on any atom is 0.251 e. The number of hydrogen-bond acceptors (Lipinski definition) is 3. The van der Waals surface area contributed by atoms with E-state index in [-0.39, 0.29) is 30.3 Å². The van der Waals surface area contributed by atoms with Crippen molar-refractivity contribution in [1.29, 1.82) is 0 Å². The Balaban J connectivity index is 1.37. The van der Waals surface area contributed by atoms with Gasteiger partial charge in [0.05, 0.1) is 12.6 Å². The Hall–Kier alpha value is -3.93. The third kappa shape index (κ3) is 5.03. The molecule has 0 unspecified atom stereocenters. The summed E-state index contributed by atoms with van der Waals surface area (Å²) in [6.45, 7) is 0.565. The molecular formula is C26H25N3O3. The first-order valence-electron chi connectivity index (χ1n) is 10.7. The molecule has 0 aliphatic carbocycles. The minimum Gasteiger partial charge on any atom is -0.344 e. The Bertz CT molecular complexity index is 1040. The van der Waals surface area contributed by atoms with Crippen LogP contribution in [-0.2, 0) is 9.59 Å².